The smallest absolute Gasteiger partial charge is 0.261 e. The largest absolute Gasteiger partial charge is 0.390 e. The Labute approximate surface area is 133 Å². The first kappa shape index (κ1) is 13.0. The molecule has 0 aromatic carbocycles. The van der Waals surface area contributed by atoms with Crippen LogP contribution in [0.5, 0.6) is 0 Å². The van der Waals surface area contributed by atoms with Gasteiger partial charge in [-0.2, -0.15) is 4.98 Å². The lowest BCUT2D eigenvalue weighted by atomic mass is 10.1. The fourth-order valence-corrected chi connectivity index (χ4v) is 3.98. The molecule has 21 heavy (non-hydrogen) atoms. The minimum Gasteiger partial charge on any atom is -0.390 e. The molecule has 0 saturated heterocycles. The first-order valence-electron chi connectivity index (χ1n) is 6.58. The van der Waals surface area contributed by atoms with E-state index in [1.165, 1.54) is 16.9 Å². The van der Waals surface area contributed by atoms with Gasteiger partial charge in [0.15, 0.2) is 0 Å². The second kappa shape index (κ2) is 4.92. The highest BCUT2D eigenvalue weighted by Gasteiger charge is 2.25. The fraction of sp³-hybridized carbons (Fsp3) is 0.214. The summed E-state index contributed by atoms with van der Waals surface area (Å²) in [5.41, 5.74) is 8.99. The first-order valence-corrected chi connectivity index (χ1v) is 8.19. The van der Waals surface area contributed by atoms with Crippen LogP contribution >= 0.6 is 27.3 Å². The third kappa shape index (κ3) is 2.16. The number of thiophene rings is 1. The van der Waals surface area contributed by atoms with Gasteiger partial charge < -0.3 is 10.3 Å². The third-order valence-corrected chi connectivity index (χ3v) is 5.13. The Balaban J connectivity index is 1.77. The minimum atomic E-state index is 0.481. The van der Waals surface area contributed by atoms with Gasteiger partial charge in [-0.05, 0) is 52.9 Å². The fourth-order valence-electron chi connectivity index (χ4n) is 2.60. The Bertz CT molecular complexity index is 809. The van der Waals surface area contributed by atoms with Crippen molar-refractivity contribution in [1.29, 1.82) is 0 Å². The summed E-state index contributed by atoms with van der Waals surface area (Å²) in [4.78, 5) is 10.1. The van der Waals surface area contributed by atoms with E-state index in [9.17, 15) is 0 Å². The van der Waals surface area contributed by atoms with Gasteiger partial charge in [0.2, 0.25) is 5.82 Å². The Morgan fingerprint density at radius 1 is 1.29 bits per heavy atom. The van der Waals surface area contributed by atoms with Crippen LogP contribution in [0.4, 0.5) is 5.00 Å². The number of hydrogen-bond donors (Lipinski definition) is 1. The number of aryl methyl sites for hydroxylation is 1. The molecular formula is C14H11BrN4OS. The number of rotatable bonds is 2. The van der Waals surface area contributed by atoms with Gasteiger partial charge in [-0.25, -0.2) is 0 Å². The lowest BCUT2D eigenvalue weighted by Crippen LogP contribution is -1.89. The zero-order valence-corrected chi connectivity index (χ0v) is 13.4. The van der Waals surface area contributed by atoms with Crippen LogP contribution in [0, 0.1) is 0 Å². The van der Waals surface area contributed by atoms with E-state index in [4.69, 9.17) is 10.3 Å². The number of hydrogen-bond acceptors (Lipinski definition) is 6. The van der Waals surface area contributed by atoms with E-state index in [0.29, 0.717) is 17.4 Å². The molecule has 3 heterocycles. The maximum Gasteiger partial charge on any atom is 0.261 e. The number of nitrogens with two attached hydrogens (primary N) is 1. The highest BCUT2D eigenvalue weighted by atomic mass is 79.9. The number of aromatic nitrogens is 3. The highest BCUT2D eigenvalue weighted by Crippen LogP contribution is 2.43. The zero-order valence-electron chi connectivity index (χ0n) is 11.0. The van der Waals surface area contributed by atoms with E-state index >= 15 is 0 Å². The van der Waals surface area contributed by atoms with E-state index in [0.717, 1.165) is 27.9 Å². The summed E-state index contributed by atoms with van der Waals surface area (Å²) in [6.45, 7) is 0. The third-order valence-electron chi connectivity index (χ3n) is 3.54. The summed E-state index contributed by atoms with van der Waals surface area (Å²) >= 11 is 4.99. The Morgan fingerprint density at radius 3 is 3.00 bits per heavy atom. The lowest BCUT2D eigenvalue weighted by molar-refractivity contribution is 0.432. The Morgan fingerprint density at radius 2 is 2.19 bits per heavy atom. The van der Waals surface area contributed by atoms with Crippen molar-refractivity contribution >= 4 is 32.3 Å². The van der Waals surface area contributed by atoms with Gasteiger partial charge in [-0.3, -0.25) is 4.98 Å². The van der Waals surface area contributed by atoms with Gasteiger partial charge in [0.25, 0.3) is 5.89 Å². The van der Waals surface area contributed by atoms with Crippen LogP contribution in [0.1, 0.15) is 16.9 Å². The molecule has 7 heteroatoms. The molecule has 0 unspecified atom stereocenters. The van der Waals surface area contributed by atoms with Gasteiger partial charge >= 0.3 is 0 Å². The van der Waals surface area contributed by atoms with E-state index < -0.39 is 0 Å². The molecule has 3 aromatic heterocycles. The molecule has 0 fully saturated rings. The highest BCUT2D eigenvalue weighted by molar-refractivity contribution is 9.10. The number of halogens is 1. The number of nitrogen functional groups attached to an aromatic ring is 1. The average molecular weight is 363 g/mol. The second-order valence-corrected chi connectivity index (χ2v) is 6.93. The second-order valence-electron chi connectivity index (χ2n) is 4.88. The van der Waals surface area contributed by atoms with Crippen LogP contribution in [-0.2, 0) is 12.8 Å². The molecule has 2 N–H and O–H groups in total. The summed E-state index contributed by atoms with van der Waals surface area (Å²) in [5, 5.41) is 4.79. The maximum absolute atomic E-state index is 6.12. The van der Waals surface area contributed by atoms with Gasteiger partial charge in [0.1, 0.15) is 5.69 Å². The predicted molar refractivity (Wildman–Crippen MR) is 85.0 cm³/mol. The van der Waals surface area contributed by atoms with E-state index in [1.807, 2.05) is 12.1 Å². The van der Waals surface area contributed by atoms with Gasteiger partial charge in [0, 0.05) is 15.5 Å². The molecule has 3 aromatic rings. The maximum atomic E-state index is 6.12. The van der Waals surface area contributed by atoms with Crippen LogP contribution in [0.25, 0.3) is 23.0 Å². The topological polar surface area (TPSA) is 77.8 Å². The number of nitrogens with zero attached hydrogens (tertiary/aromatic N) is 3. The predicted octanol–water partition coefficient (Wildman–Crippen LogP) is 3.69. The van der Waals surface area contributed by atoms with E-state index in [1.54, 1.807) is 17.5 Å². The molecule has 0 radical (unpaired) electrons. The molecule has 0 aliphatic heterocycles. The molecule has 106 valence electrons. The average Bonchev–Trinajstić information content (AvgIpc) is 3.15. The summed E-state index contributed by atoms with van der Waals surface area (Å²) in [5.74, 6) is 0.974. The van der Waals surface area contributed by atoms with Gasteiger partial charge in [0.05, 0.1) is 10.6 Å². The monoisotopic (exact) mass is 362 g/mol. The summed E-state index contributed by atoms with van der Waals surface area (Å²) in [7, 11) is 0. The summed E-state index contributed by atoms with van der Waals surface area (Å²) < 4.78 is 6.33. The van der Waals surface area contributed by atoms with Crippen molar-refractivity contribution in [2.45, 2.75) is 19.3 Å². The van der Waals surface area contributed by atoms with Crippen LogP contribution in [0.15, 0.2) is 27.3 Å². The molecule has 1 aliphatic rings. The van der Waals surface area contributed by atoms with Crippen molar-refractivity contribution in [3.63, 3.8) is 0 Å². The number of fused-ring (bicyclic) bond motifs is 1. The lowest BCUT2D eigenvalue weighted by Gasteiger charge is -1.96. The molecule has 0 saturated carbocycles. The number of anilines is 1. The molecule has 0 atom stereocenters. The van der Waals surface area contributed by atoms with E-state index in [-0.39, 0.29) is 0 Å². The van der Waals surface area contributed by atoms with Crippen molar-refractivity contribution in [2.24, 2.45) is 0 Å². The van der Waals surface area contributed by atoms with Crippen LogP contribution in [0.3, 0.4) is 0 Å². The zero-order chi connectivity index (χ0) is 14.4. The van der Waals surface area contributed by atoms with Crippen molar-refractivity contribution in [3.05, 3.63) is 33.2 Å². The van der Waals surface area contributed by atoms with Crippen molar-refractivity contribution in [3.8, 4) is 23.0 Å². The molecule has 0 bridgehead atoms. The Hall–Kier alpha value is -1.73. The van der Waals surface area contributed by atoms with Crippen LogP contribution < -0.4 is 5.73 Å². The summed E-state index contributed by atoms with van der Waals surface area (Å²) in [6.07, 6.45) is 5.01. The molecule has 5 nitrogen and oxygen atoms in total. The summed E-state index contributed by atoms with van der Waals surface area (Å²) in [6, 6.07) is 3.75. The van der Waals surface area contributed by atoms with Crippen LogP contribution in [0.2, 0.25) is 0 Å². The molecule has 1 aliphatic carbocycles. The molecule has 0 spiro atoms. The van der Waals surface area contributed by atoms with Crippen molar-refractivity contribution in [1.82, 2.24) is 15.1 Å². The molecular weight excluding hydrogens is 352 g/mol. The normalized spacial score (nSPS) is 13.6. The Kier molecular flexibility index (Phi) is 3.04. The van der Waals surface area contributed by atoms with Crippen LogP contribution in [-0.4, -0.2) is 15.1 Å². The molecule has 0 amide bonds. The SMILES string of the molecule is Nc1sc2c(c1-c1nc(-c3ccc(Br)cn3)no1)CCC2. The standard InChI is InChI=1S/C14H11BrN4OS/c15-7-4-5-9(17-6-7)13-18-14(20-19-13)11-8-2-1-3-10(8)21-12(11)16/h4-6H,1-3,16H2. The number of pyridine rings is 1. The van der Waals surface area contributed by atoms with Crippen molar-refractivity contribution in [2.75, 3.05) is 5.73 Å². The van der Waals surface area contributed by atoms with Crippen molar-refractivity contribution < 1.29 is 4.52 Å². The minimum absolute atomic E-state index is 0.481. The van der Waals surface area contributed by atoms with Gasteiger partial charge in [-0.1, -0.05) is 5.16 Å². The first-order chi connectivity index (χ1) is 10.2. The molecule has 4 rings (SSSR count). The quantitative estimate of drug-likeness (QED) is 0.751. The van der Waals surface area contributed by atoms with E-state index in [2.05, 4.69) is 31.1 Å². The van der Waals surface area contributed by atoms with Gasteiger partial charge in [-0.15, -0.1) is 11.3 Å².